The first kappa shape index (κ1) is 87.7. The predicted octanol–water partition coefficient (Wildman–Crippen LogP) is 11.2. The molecule has 108 heavy (non-hydrogen) atoms. The van der Waals surface area contributed by atoms with Crippen molar-refractivity contribution in [2.45, 2.75) is 154 Å². The number of aliphatic hydroxyl groups excluding tert-OH is 1. The molecule has 9 heterocycles. The van der Waals surface area contributed by atoms with Crippen LogP contribution >= 0.6 is 76.5 Å². The van der Waals surface area contributed by atoms with E-state index in [9.17, 15) is 44.9 Å². The summed E-state index contributed by atoms with van der Waals surface area (Å²) >= 11 is 16.5. The Morgan fingerprint density at radius 2 is 0.926 bits per heavy atom. The van der Waals surface area contributed by atoms with Crippen LogP contribution in [0.25, 0.3) is 10.9 Å². The number of rotatable bonds is 15. The van der Waals surface area contributed by atoms with Gasteiger partial charge in [-0.3, -0.25) is 29.8 Å². The molecule has 8 aliphatic rings. The number of piperidine rings is 6. The third-order valence-corrected chi connectivity index (χ3v) is 22.2. The first-order chi connectivity index (χ1) is 51.7. The number of halogens is 4. The van der Waals surface area contributed by atoms with Gasteiger partial charge in [0.2, 0.25) is 11.8 Å². The molecule has 14 rings (SSSR count). The van der Waals surface area contributed by atoms with Crippen LogP contribution in [0.3, 0.4) is 0 Å². The molecule has 581 valence electrons. The van der Waals surface area contributed by atoms with Gasteiger partial charge in [-0.25, -0.2) is 0 Å². The van der Waals surface area contributed by atoms with E-state index < -0.39 is 23.9 Å². The molecular formula is C70H96B5Br4N12O16S. The number of hydrogen-bond donors (Lipinski definition) is 11. The molecule has 0 saturated carbocycles. The van der Waals surface area contributed by atoms with Gasteiger partial charge in [0.05, 0.1) is 45.7 Å². The van der Waals surface area contributed by atoms with E-state index in [-0.39, 0.29) is 73.6 Å². The molecule has 0 bridgehead atoms. The molecule has 10 N–H and O–H groups in total. The number of carbonyl (C=O) groups is 2. The van der Waals surface area contributed by atoms with Crippen LogP contribution in [0.15, 0.2) is 107 Å². The quantitative estimate of drug-likeness (QED) is 0.0197. The van der Waals surface area contributed by atoms with E-state index in [1.807, 2.05) is 57.8 Å². The molecule has 1 aromatic heterocycles. The minimum atomic E-state index is -0.639. The normalized spacial score (nSPS) is 18.0. The maximum atomic E-state index is 12.0. The van der Waals surface area contributed by atoms with Crippen molar-refractivity contribution >= 4 is 164 Å². The monoisotopic (exact) mass is 1760 g/mol. The molecule has 6 saturated heterocycles. The van der Waals surface area contributed by atoms with Gasteiger partial charge < -0.3 is 94.3 Å². The van der Waals surface area contributed by atoms with Crippen LogP contribution in [-0.4, -0.2) is 221 Å². The second-order valence-corrected chi connectivity index (χ2v) is 31.2. The number of H-pyrrole nitrogens is 1. The summed E-state index contributed by atoms with van der Waals surface area (Å²) in [6, 6.07) is 22.9. The van der Waals surface area contributed by atoms with Gasteiger partial charge in [-0.15, -0.1) is 0 Å². The number of aromatic hydroxyl groups is 1. The molecule has 28 nitrogen and oxygen atoms in total. The molecule has 5 aromatic carbocycles. The van der Waals surface area contributed by atoms with Gasteiger partial charge in [0, 0.05) is 71.5 Å². The summed E-state index contributed by atoms with van der Waals surface area (Å²) in [6.07, 6.45) is 15.8. The summed E-state index contributed by atoms with van der Waals surface area (Å²) in [5, 5.41) is 87.4. The second kappa shape index (κ2) is 43.8. The Morgan fingerprint density at radius 3 is 1.41 bits per heavy atom. The number of nitro groups is 2. The zero-order valence-electron chi connectivity index (χ0n) is 61.3. The SMILES string of the molecule is CB(O)N1CCC(O)CC1.CB(O)N1CCC(Oc2ccc(Br)c3c2NC(=O)C3)CC1.CB(O)N1CCC(Oc2ccc(Br)c3cc[nH]c23)CC1.CB(O)N1CCC(Oc2ccc(Br)cc2[N+](=O)[O-])CC1.O=C1Cc2c(N3CCCCC3)ccc(OC3CCNCC3)c2N1.O=[N+]([O-])c1cc(Br)ccc1O.[B]=NS. The van der Waals surface area contributed by atoms with Crippen LogP contribution in [0.5, 0.6) is 28.7 Å². The number of amides is 2. The van der Waals surface area contributed by atoms with E-state index in [0.29, 0.717) is 27.5 Å². The van der Waals surface area contributed by atoms with Crippen LogP contribution in [0.2, 0.25) is 27.3 Å². The second-order valence-electron chi connectivity index (χ2n) is 27.4. The Bertz CT molecular complexity index is 3920. The van der Waals surface area contributed by atoms with Crippen molar-refractivity contribution in [3.8, 4) is 28.7 Å². The predicted molar refractivity (Wildman–Crippen MR) is 442 cm³/mol. The summed E-state index contributed by atoms with van der Waals surface area (Å²) in [7, 11) is 2.76. The van der Waals surface area contributed by atoms with E-state index in [2.05, 4.69) is 131 Å². The van der Waals surface area contributed by atoms with Crippen molar-refractivity contribution in [3.63, 3.8) is 0 Å². The van der Waals surface area contributed by atoms with Crippen LogP contribution in [0.1, 0.15) is 94.6 Å². The molecule has 0 unspecified atom stereocenters. The molecule has 2 amide bonds. The van der Waals surface area contributed by atoms with Crippen LogP contribution in [-0.2, 0) is 22.4 Å². The molecule has 8 aliphatic heterocycles. The van der Waals surface area contributed by atoms with Crippen molar-refractivity contribution in [1.29, 1.82) is 0 Å². The number of aromatic amines is 1. The summed E-state index contributed by atoms with van der Waals surface area (Å²) < 4.78 is 30.1. The van der Waals surface area contributed by atoms with Crippen molar-refractivity contribution in [2.75, 3.05) is 94.1 Å². The molecule has 1 radical (unpaired) electrons. The number of nitrogens with one attached hydrogen (secondary N) is 4. The molecule has 0 aliphatic carbocycles. The zero-order chi connectivity index (χ0) is 78.1. The van der Waals surface area contributed by atoms with Gasteiger partial charge in [0.25, 0.3) is 0 Å². The number of carbonyl (C=O) groups excluding carboxylic acids is 2. The Balaban J connectivity index is 0.000000165. The van der Waals surface area contributed by atoms with Gasteiger partial charge in [-0.2, -0.15) is 0 Å². The van der Waals surface area contributed by atoms with Crippen molar-refractivity contribution in [2.24, 2.45) is 4.30 Å². The minimum absolute atomic E-state index is 0.00525. The fourth-order valence-corrected chi connectivity index (χ4v) is 15.4. The topological polar surface area (TPSA) is 359 Å². The number of benzene rings is 5. The number of fused-ring (bicyclic) bond motifs is 3. The number of ether oxygens (including phenoxy) is 4. The van der Waals surface area contributed by atoms with Crippen LogP contribution < -0.4 is 39.8 Å². The van der Waals surface area contributed by atoms with E-state index >= 15 is 0 Å². The number of hydrogen-bond acceptors (Lipinski definition) is 24. The number of phenols is 1. The fraction of sp³-hybridized carbons (Fsp3) is 0.514. The van der Waals surface area contributed by atoms with Gasteiger partial charge >= 0.3 is 64.3 Å². The van der Waals surface area contributed by atoms with Gasteiger partial charge in [0.15, 0.2) is 11.5 Å². The third-order valence-electron chi connectivity index (χ3n) is 19.8. The summed E-state index contributed by atoms with van der Waals surface area (Å²) in [5.74, 6) is 2.56. The fourth-order valence-electron chi connectivity index (χ4n) is 13.7. The molecular weight excluding hydrogens is 1670 g/mol. The Morgan fingerprint density at radius 1 is 0.528 bits per heavy atom. The third kappa shape index (κ3) is 26.4. The average Bonchev–Trinajstić information content (AvgIpc) is 1.58. The summed E-state index contributed by atoms with van der Waals surface area (Å²) in [6.45, 7) is 17.8. The zero-order valence-corrected chi connectivity index (χ0v) is 68.5. The first-order valence-corrected chi connectivity index (χ1v) is 40.2. The van der Waals surface area contributed by atoms with Gasteiger partial charge in [-0.05, 0) is 243 Å². The van der Waals surface area contributed by atoms with E-state index in [0.717, 1.165) is 202 Å². The van der Waals surface area contributed by atoms with Gasteiger partial charge in [0.1, 0.15) is 41.7 Å². The molecule has 6 fully saturated rings. The molecule has 0 spiro atoms. The van der Waals surface area contributed by atoms with E-state index in [4.69, 9.17) is 34.2 Å². The number of nitrogens with zero attached hydrogens (tertiary/aromatic N) is 8. The van der Waals surface area contributed by atoms with Gasteiger partial charge in [-0.1, -0.05) is 63.7 Å². The first-order valence-electron chi connectivity index (χ1n) is 36.6. The van der Waals surface area contributed by atoms with Crippen LogP contribution in [0.4, 0.5) is 28.4 Å². The standard InChI is InChI=1S/C18H25N3O2.C14H18BBrN2O3.C14H18BBrN2O2.C12H16BBrN2O4.C6H14BNO2.C6H4BrNO3.BHNS/c22-17-12-14-15(21-10-2-1-3-11-21)4-5-16(18(14)20-17)23-13-6-8-19-9-7-13;1-15(20)18-6-4-9(5-7-18)21-12-3-2-11(16)10-8-13(19)17-14(10)12;1-15(19)18-8-5-10(6-9-18)20-13-3-2-12(16)11-4-7-17-14(11)13;1-13(17)15-6-4-10(5-7-15)20-12-3-2-9(14)8-11(12)16(18)19;1-7(10)8-4-2-6(9)3-5-8;7-4-1-2-6(9)5(3-4)8(10)11;1-2-3/h4-5,13,19H,1-3,6-12H2,(H,20,22);2-3,9,20H,4-8H2,1H3,(H,17,19);2-4,7,10,17,19H,5-6,8-9H2,1H3;2-3,8,10,17H,4-7H2,1H3;6,9-10H,2-5H2,1H3;1-3,9H;3H. The number of anilines is 3. The Hall–Kier alpha value is -5.83. The number of aliphatic hydroxyl groups is 1. The number of thiol groups is 1. The Kier molecular flexibility index (Phi) is 35.6. The number of aromatic nitrogens is 1. The van der Waals surface area contributed by atoms with E-state index in [1.54, 1.807) is 32.6 Å². The summed E-state index contributed by atoms with van der Waals surface area (Å²) in [5.41, 5.74) is 5.75. The summed E-state index contributed by atoms with van der Waals surface area (Å²) in [4.78, 5) is 57.4. The molecule has 0 atom stereocenters. The van der Waals surface area contributed by atoms with Crippen molar-refractivity contribution in [3.05, 3.63) is 134 Å². The maximum absolute atomic E-state index is 12.0. The van der Waals surface area contributed by atoms with E-state index in [1.165, 1.54) is 49.2 Å². The molecule has 38 heteroatoms. The number of nitro benzene ring substituents is 2. The van der Waals surface area contributed by atoms with Crippen LogP contribution in [0, 0.1) is 20.2 Å². The molecule has 6 aromatic rings. The Labute approximate surface area is 672 Å². The van der Waals surface area contributed by atoms with Crippen molar-refractivity contribution < 1.29 is 68.7 Å². The van der Waals surface area contributed by atoms with Crippen molar-refractivity contribution in [1.82, 2.24) is 29.5 Å². The number of phenolic OH excluding ortho intramolecular Hbond substituents is 1. The average molecular weight is 1770 g/mol.